The Labute approximate surface area is 231 Å². The maximum Gasteiger partial charge on any atom is 0.306 e. The Morgan fingerprint density at radius 3 is 1.22 bits per heavy atom. The van der Waals surface area contributed by atoms with Gasteiger partial charge in [-0.15, -0.1) is 0 Å². The van der Waals surface area contributed by atoms with E-state index in [0.717, 1.165) is 38.5 Å². The van der Waals surface area contributed by atoms with Gasteiger partial charge in [-0.3, -0.25) is 9.59 Å². The Bertz CT molecular complexity index is 491. The molecule has 0 radical (unpaired) electrons. The molecule has 0 fully saturated rings. The number of unbranched alkanes of at least 4 members (excludes halogenated alkanes) is 21. The molecule has 0 aromatic heterocycles. The van der Waals surface area contributed by atoms with Crippen LogP contribution < -0.4 is 0 Å². The third-order valence-corrected chi connectivity index (χ3v) is 7.58. The van der Waals surface area contributed by atoms with Gasteiger partial charge in [0.25, 0.3) is 0 Å². The summed E-state index contributed by atoms with van der Waals surface area (Å²) in [7, 11) is 0. The normalized spacial score (nSPS) is 12.1. The summed E-state index contributed by atoms with van der Waals surface area (Å²) in [6.07, 6.45) is 32.5. The van der Waals surface area contributed by atoms with E-state index in [2.05, 4.69) is 13.8 Å². The average Bonchev–Trinajstić information content (AvgIpc) is 2.88. The van der Waals surface area contributed by atoms with E-state index in [-0.39, 0.29) is 18.5 Å². The monoisotopic (exact) mass is 524 g/mol. The van der Waals surface area contributed by atoms with Crippen molar-refractivity contribution in [3.63, 3.8) is 0 Å². The third-order valence-electron chi connectivity index (χ3n) is 7.58. The molecule has 0 rings (SSSR count). The summed E-state index contributed by atoms with van der Waals surface area (Å²) in [6.45, 7) is 4.52. The lowest BCUT2D eigenvalue weighted by molar-refractivity contribution is -0.150. The van der Waals surface area contributed by atoms with E-state index in [1.54, 1.807) is 0 Å². The molecule has 1 atom stereocenters. The lowest BCUT2D eigenvalue weighted by Crippen LogP contribution is -2.18. The second-order valence-electron chi connectivity index (χ2n) is 11.4. The molecule has 220 valence electrons. The maximum atomic E-state index is 12.4. The second kappa shape index (κ2) is 29.5. The van der Waals surface area contributed by atoms with Crippen molar-refractivity contribution < 1.29 is 19.4 Å². The standard InChI is InChI=1S/C33H64O4/c1-3-5-7-9-11-13-14-15-16-17-18-20-22-24-30-33(36)37-31(28-25-26-29-32(34)35)27-23-21-19-12-10-8-6-4-2/h31H,3-30H2,1-2H3,(H,34,35). The van der Waals surface area contributed by atoms with Gasteiger partial charge in [0, 0.05) is 12.8 Å². The number of rotatable bonds is 30. The van der Waals surface area contributed by atoms with Crippen LogP contribution in [0.15, 0.2) is 0 Å². The van der Waals surface area contributed by atoms with E-state index >= 15 is 0 Å². The van der Waals surface area contributed by atoms with Crippen LogP contribution in [0.3, 0.4) is 0 Å². The largest absolute Gasteiger partial charge is 0.481 e. The minimum atomic E-state index is -0.741. The highest BCUT2D eigenvalue weighted by molar-refractivity contribution is 5.69. The van der Waals surface area contributed by atoms with E-state index in [4.69, 9.17) is 9.84 Å². The van der Waals surface area contributed by atoms with Crippen molar-refractivity contribution in [1.82, 2.24) is 0 Å². The molecule has 37 heavy (non-hydrogen) atoms. The first-order chi connectivity index (χ1) is 18.1. The predicted molar refractivity (Wildman–Crippen MR) is 158 cm³/mol. The number of aliphatic carboxylic acids is 1. The molecule has 1 unspecified atom stereocenters. The molecule has 0 aliphatic rings. The molecular formula is C33H64O4. The zero-order valence-electron chi connectivity index (χ0n) is 25.0. The Hall–Kier alpha value is -1.06. The maximum absolute atomic E-state index is 12.4. The summed E-state index contributed by atoms with van der Waals surface area (Å²) >= 11 is 0. The van der Waals surface area contributed by atoms with Crippen LogP contribution in [0.4, 0.5) is 0 Å². The molecule has 4 nitrogen and oxygen atoms in total. The van der Waals surface area contributed by atoms with Gasteiger partial charge >= 0.3 is 11.9 Å². The summed E-state index contributed by atoms with van der Waals surface area (Å²) < 4.78 is 5.84. The van der Waals surface area contributed by atoms with Gasteiger partial charge in [-0.05, 0) is 38.5 Å². The molecule has 0 spiro atoms. The van der Waals surface area contributed by atoms with Crippen LogP contribution in [0, 0.1) is 0 Å². The number of carboxylic acid groups (broad SMARTS) is 1. The van der Waals surface area contributed by atoms with Gasteiger partial charge in [-0.2, -0.15) is 0 Å². The van der Waals surface area contributed by atoms with Gasteiger partial charge in [-0.1, -0.05) is 142 Å². The quantitative estimate of drug-likeness (QED) is 0.0749. The van der Waals surface area contributed by atoms with Crippen LogP contribution >= 0.6 is 0 Å². The average molecular weight is 525 g/mol. The SMILES string of the molecule is CCCCCCCCCCCCCCCCC(=O)OC(CCCCCCCCCC)CCCCC(=O)O. The number of carbonyl (C=O) groups is 2. The Balaban J connectivity index is 3.83. The molecule has 4 heteroatoms. The van der Waals surface area contributed by atoms with E-state index in [1.165, 1.54) is 122 Å². The zero-order valence-corrected chi connectivity index (χ0v) is 25.0. The van der Waals surface area contributed by atoms with Crippen molar-refractivity contribution in [1.29, 1.82) is 0 Å². The lowest BCUT2D eigenvalue weighted by Gasteiger charge is -2.18. The van der Waals surface area contributed by atoms with Gasteiger partial charge in [0.1, 0.15) is 6.10 Å². The van der Waals surface area contributed by atoms with Crippen LogP contribution in [0.25, 0.3) is 0 Å². The first-order valence-corrected chi connectivity index (χ1v) is 16.5. The first-order valence-electron chi connectivity index (χ1n) is 16.5. The smallest absolute Gasteiger partial charge is 0.306 e. The Morgan fingerprint density at radius 2 is 0.811 bits per heavy atom. The number of esters is 1. The van der Waals surface area contributed by atoms with Gasteiger partial charge in [0.2, 0.25) is 0 Å². The molecule has 0 heterocycles. The molecule has 1 N–H and O–H groups in total. The number of ether oxygens (including phenoxy) is 1. The second-order valence-corrected chi connectivity index (χ2v) is 11.4. The molecule has 0 aliphatic carbocycles. The molecule has 0 saturated heterocycles. The van der Waals surface area contributed by atoms with Crippen molar-refractivity contribution in [2.45, 2.75) is 200 Å². The third kappa shape index (κ3) is 29.4. The molecule has 0 saturated carbocycles. The fourth-order valence-electron chi connectivity index (χ4n) is 5.13. The van der Waals surface area contributed by atoms with Crippen LogP contribution in [0.1, 0.15) is 194 Å². The fraction of sp³-hybridized carbons (Fsp3) is 0.939. The summed E-state index contributed by atoms with van der Waals surface area (Å²) in [5.41, 5.74) is 0. The summed E-state index contributed by atoms with van der Waals surface area (Å²) in [5.74, 6) is -0.795. The highest BCUT2D eigenvalue weighted by atomic mass is 16.5. The van der Waals surface area contributed by atoms with Crippen molar-refractivity contribution in [2.75, 3.05) is 0 Å². The summed E-state index contributed by atoms with van der Waals surface area (Å²) in [6, 6.07) is 0. The molecule has 0 aromatic rings. The van der Waals surface area contributed by atoms with E-state index < -0.39 is 5.97 Å². The highest BCUT2D eigenvalue weighted by Gasteiger charge is 2.14. The number of hydrogen-bond donors (Lipinski definition) is 1. The van der Waals surface area contributed by atoms with Gasteiger partial charge in [-0.25, -0.2) is 0 Å². The van der Waals surface area contributed by atoms with E-state index in [0.29, 0.717) is 12.8 Å². The van der Waals surface area contributed by atoms with Gasteiger partial charge in [0.05, 0.1) is 0 Å². The van der Waals surface area contributed by atoms with Crippen LogP contribution in [0.2, 0.25) is 0 Å². The van der Waals surface area contributed by atoms with Gasteiger partial charge in [0.15, 0.2) is 0 Å². The molecule has 0 aliphatic heterocycles. The first kappa shape index (κ1) is 35.9. The molecule has 0 aromatic carbocycles. The summed E-state index contributed by atoms with van der Waals surface area (Å²) in [5, 5.41) is 8.87. The van der Waals surface area contributed by atoms with Crippen LogP contribution in [0.5, 0.6) is 0 Å². The number of carbonyl (C=O) groups excluding carboxylic acids is 1. The topological polar surface area (TPSA) is 63.6 Å². The zero-order chi connectivity index (χ0) is 27.2. The Kier molecular flexibility index (Phi) is 28.7. The fourth-order valence-corrected chi connectivity index (χ4v) is 5.13. The minimum Gasteiger partial charge on any atom is -0.481 e. The molecule has 0 bridgehead atoms. The highest BCUT2D eigenvalue weighted by Crippen LogP contribution is 2.18. The van der Waals surface area contributed by atoms with Crippen LogP contribution in [-0.4, -0.2) is 23.1 Å². The molecular weight excluding hydrogens is 460 g/mol. The summed E-state index contributed by atoms with van der Waals surface area (Å²) in [4.78, 5) is 23.2. The number of carboxylic acids is 1. The van der Waals surface area contributed by atoms with E-state index in [9.17, 15) is 9.59 Å². The Morgan fingerprint density at radius 1 is 0.486 bits per heavy atom. The molecule has 0 amide bonds. The predicted octanol–water partition coefficient (Wildman–Crippen LogP) is 10.9. The van der Waals surface area contributed by atoms with Crippen molar-refractivity contribution in [2.24, 2.45) is 0 Å². The van der Waals surface area contributed by atoms with E-state index in [1.807, 2.05) is 0 Å². The van der Waals surface area contributed by atoms with Crippen molar-refractivity contribution in [3.8, 4) is 0 Å². The van der Waals surface area contributed by atoms with Crippen LogP contribution in [-0.2, 0) is 14.3 Å². The van der Waals surface area contributed by atoms with Crippen molar-refractivity contribution >= 4 is 11.9 Å². The minimum absolute atomic E-state index is 0.0342. The van der Waals surface area contributed by atoms with Crippen molar-refractivity contribution in [3.05, 3.63) is 0 Å². The van der Waals surface area contributed by atoms with Gasteiger partial charge < -0.3 is 9.84 Å². The lowest BCUT2D eigenvalue weighted by atomic mass is 10.0. The number of hydrogen-bond acceptors (Lipinski definition) is 3.